The van der Waals surface area contributed by atoms with Crippen LogP contribution in [0.4, 0.5) is 4.39 Å². The second kappa shape index (κ2) is 4.82. The Hall–Kier alpha value is -1.20. The second-order valence-corrected chi connectivity index (χ2v) is 4.73. The van der Waals surface area contributed by atoms with E-state index in [0.29, 0.717) is 5.56 Å². The van der Waals surface area contributed by atoms with Crippen LogP contribution in [0, 0.1) is 5.82 Å². The summed E-state index contributed by atoms with van der Waals surface area (Å²) in [5.74, 6) is -1.99. The van der Waals surface area contributed by atoms with Crippen molar-refractivity contribution in [2.24, 2.45) is 0 Å². The zero-order valence-electron chi connectivity index (χ0n) is 9.22. The molecule has 0 saturated heterocycles. The van der Waals surface area contributed by atoms with Crippen molar-refractivity contribution >= 4 is 45.4 Å². The predicted molar refractivity (Wildman–Crippen MR) is 68.1 cm³/mol. The van der Waals surface area contributed by atoms with Gasteiger partial charge in [-0.3, -0.25) is 4.79 Å². The average Bonchev–Trinajstić information content (AvgIpc) is 2.65. The summed E-state index contributed by atoms with van der Waals surface area (Å²) in [6, 6.07) is 1.02. The number of hydrogen-bond donors (Lipinski definition) is 0. The minimum atomic E-state index is -0.720. The molecule has 1 aromatic carbocycles. The van der Waals surface area contributed by atoms with Crippen LogP contribution in [-0.4, -0.2) is 18.4 Å². The number of ether oxygens (including phenoxy) is 1. The normalized spacial score (nSPS) is 13.3. The number of Topliss-reactive ketones (excluding diaryl/α,β-unsaturated/α-hetero) is 1. The fourth-order valence-electron chi connectivity index (χ4n) is 1.65. The molecule has 3 nitrogen and oxygen atoms in total. The SMILES string of the molecule is CCOC(=O)C1=Cc2c(cc(F)c(Cl)c2Br)C1=O. The van der Waals surface area contributed by atoms with E-state index in [4.69, 9.17) is 16.3 Å². The Bertz CT molecular complexity index is 595. The van der Waals surface area contributed by atoms with Crippen molar-refractivity contribution in [3.05, 3.63) is 38.1 Å². The molecule has 1 aliphatic rings. The number of ketones is 1. The van der Waals surface area contributed by atoms with E-state index in [9.17, 15) is 14.0 Å². The highest BCUT2D eigenvalue weighted by molar-refractivity contribution is 9.10. The Morgan fingerprint density at radius 1 is 1.56 bits per heavy atom. The molecule has 0 fully saturated rings. The number of carbonyl (C=O) groups excluding carboxylic acids is 2. The zero-order valence-corrected chi connectivity index (χ0v) is 11.6. The van der Waals surface area contributed by atoms with Crippen molar-refractivity contribution in [3.63, 3.8) is 0 Å². The van der Waals surface area contributed by atoms with Gasteiger partial charge >= 0.3 is 5.97 Å². The second-order valence-electron chi connectivity index (χ2n) is 3.56. The van der Waals surface area contributed by atoms with E-state index in [1.165, 1.54) is 6.08 Å². The van der Waals surface area contributed by atoms with Gasteiger partial charge in [0.05, 0.1) is 11.6 Å². The molecular weight excluding hydrogens is 326 g/mol. The third-order valence-corrected chi connectivity index (χ3v) is 3.89. The van der Waals surface area contributed by atoms with Crippen molar-refractivity contribution in [1.82, 2.24) is 0 Å². The van der Waals surface area contributed by atoms with Crippen LogP contribution in [0.5, 0.6) is 0 Å². The lowest BCUT2D eigenvalue weighted by molar-refractivity contribution is -0.137. The smallest absolute Gasteiger partial charge is 0.342 e. The van der Waals surface area contributed by atoms with Gasteiger partial charge in [-0.05, 0) is 35.0 Å². The minimum absolute atomic E-state index is 0.104. The van der Waals surface area contributed by atoms with Gasteiger partial charge in [0.25, 0.3) is 0 Å². The molecule has 94 valence electrons. The fraction of sp³-hybridized carbons (Fsp3) is 0.167. The van der Waals surface area contributed by atoms with Crippen LogP contribution in [0.25, 0.3) is 6.08 Å². The molecule has 0 saturated carbocycles. The number of benzene rings is 1. The number of hydrogen-bond acceptors (Lipinski definition) is 3. The van der Waals surface area contributed by atoms with Gasteiger partial charge in [0, 0.05) is 15.6 Å². The molecule has 0 atom stereocenters. The Morgan fingerprint density at radius 2 is 2.22 bits per heavy atom. The van der Waals surface area contributed by atoms with Gasteiger partial charge in [-0.15, -0.1) is 0 Å². The molecule has 0 spiro atoms. The number of esters is 1. The van der Waals surface area contributed by atoms with Gasteiger partial charge in [-0.25, -0.2) is 9.18 Å². The Balaban J connectivity index is 2.53. The lowest BCUT2D eigenvalue weighted by atomic mass is 10.1. The largest absolute Gasteiger partial charge is 0.462 e. The maximum absolute atomic E-state index is 13.4. The molecule has 0 bridgehead atoms. The zero-order chi connectivity index (χ0) is 13.4. The highest BCUT2D eigenvalue weighted by Gasteiger charge is 2.31. The quantitative estimate of drug-likeness (QED) is 0.473. The van der Waals surface area contributed by atoms with E-state index in [0.717, 1.165) is 6.07 Å². The first kappa shape index (κ1) is 13.2. The highest BCUT2D eigenvalue weighted by atomic mass is 79.9. The molecule has 1 aromatic rings. The Morgan fingerprint density at radius 3 is 2.83 bits per heavy atom. The molecule has 0 heterocycles. The summed E-state index contributed by atoms with van der Waals surface area (Å²) >= 11 is 8.82. The number of rotatable bonds is 2. The van der Waals surface area contributed by atoms with Crippen molar-refractivity contribution in [1.29, 1.82) is 0 Å². The molecule has 0 unspecified atom stereocenters. The summed E-state index contributed by atoms with van der Waals surface area (Å²) in [5.41, 5.74) is 0.385. The third-order valence-electron chi connectivity index (χ3n) is 2.47. The van der Waals surface area contributed by atoms with Crippen molar-refractivity contribution < 1.29 is 18.7 Å². The van der Waals surface area contributed by atoms with E-state index in [2.05, 4.69) is 15.9 Å². The molecule has 0 aliphatic heterocycles. The maximum atomic E-state index is 13.4. The van der Waals surface area contributed by atoms with Crippen LogP contribution < -0.4 is 0 Å². The topological polar surface area (TPSA) is 43.4 Å². The van der Waals surface area contributed by atoms with E-state index in [1.54, 1.807) is 6.92 Å². The minimum Gasteiger partial charge on any atom is -0.462 e. The third kappa shape index (κ3) is 1.97. The van der Waals surface area contributed by atoms with Crippen LogP contribution in [0.3, 0.4) is 0 Å². The molecule has 0 amide bonds. The number of fused-ring (bicyclic) bond motifs is 1. The molecule has 0 N–H and O–H groups in total. The van der Waals surface area contributed by atoms with Gasteiger partial charge < -0.3 is 4.74 Å². The summed E-state index contributed by atoms with van der Waals surface area (Å²) in [6.07, 6.45) is 1.35. The first-order chi connectivity index (χ1) is 8.47. The highest BCUT2D eigenvalue weighted by Crippen LogP contribution is 2.37. The molecular formula is C12H7BrClFO3. The monoisotopic (exact) mass is 332 g/mol. The van der Waals surface area contributed by atoms with Crippen molar-refractivity contribution in [2.45, 2.75) is 6.92 Å². The molecule has 0 radical (unpaired) electrons. The fourth-order valence-corrected chi connectivity index (χ4v) is 2.33. The van der Waals surface area contributed by atoms with Crippen LogP contribution >= 0.6 is 27.5 Å². The van der Waals surface area contributed by atoms with E-state index < -0.39 is 17.6 Å². The summed E-state index contributed by atoms with van der Waals surface area (Å²) in [6.45, 7) is 1.80. The van der Waals surface area contributed by atoms with Crippen LogP contribution in [-0.2, 0) is 9.53 Å². The summed E-state index contributed by atoms with van der Waals surface area (Å²) in [7, 11) is 0. The first-order valence-corrected chi connectivity index (χ1v) is 6.25. The lowest BCUT2D eigenvalue weighted by Gasteiger charge is -2.04. The molecule has 6 heteroatoms. The first-order valence-electron chi connectivity index (χ1n) is 5.08. The maximum Gasteiger partial charge on any atom is 0.342 e. The van der Waals surface area contributed by atoms with E-state index in [1.807, 2.05) is 0 Å². The number of halogens is 3. The summed E-state index contributed by atoms with van der Waals surface area (Å²) in [5, 5.41) is -0.122. The standard InChI is InChI=1S/C12H7BrClFO3/c1-2-18-12(17)7-3-5-6(11(7)16)4-8(15)10(14)9(5)13/h3-4H,2H2,1H3. The summed E-state index contributed by atoms with van der Waals surface area (Å²) < 4.78 is 18.4. The Kier molecular flexibility index (Phi) is 3.54. The summed E-state index contributed by atoms with van der Waals surface area (Å²) in [4.78, 5) is 23.5. The van der Waals surface area contributed by atoms with E-state index in [-0.39, 0.29) is 27.2 Å². The van der Waals surface area contributed by atoms with Gasteiger partial charge in [-0.2, -0.15) is 0 Å². The van der Waals surface area contributed by atoms with Gasteiger partial charge in [-0.1, -0.05) is 11.6 Å². The molecule has 1 aliphatic carbocycles. The molecule has 0 aromatic heterocycles. The van der Waals surface area contributed by atoms with Crippen LogP contribution in [0.2, 0.25) is 5.02 Å². The van der Waals surface area contributed by atoms with Crippen LogP contribution in [0.15, 0.2) is 16.1 Å². The van der Waals surface area contributed by atoms with Gasteiger partial charge in [0.1, 0.15) is 11.4 Å². The Labute approximate surface area is 116 Å². The predicted octanol–water partition coefficient (Wildman–Crippen LogP) is 3.38. The van der Waals surface area contributed by atoms with E-state index >= 15 is 0 Å². The van der Waals surface area contributed by atoms with Gasteiger partial charge in [0.2, 0.25) is 5.78 Å². The molecule has 18 heavy (non-hydrogen) atoms. The molecule has 2 rings (SSSR count). The average molecular weight is 334 g/mol. The van der Waals surface area contributed by atoms with Crippen LogP contribution in [0.1, 0.15) is 22.8 Å². The van der Waals surface area contributed by atoms with Crippen molar-refractivity contribution in [2.75, 3.05) is 6.61 Å². The van der Waals surface area contributed by atoms with Gasteiger partial charge in [0.15, 0.2) is 0 Å². The number of carbonyl (C=O) groups is 2. The van der Waals surface area contributed by atoms with Crippen molar-refractivity contribution in [3.8, 4) is 0 Å². The lowest BCUT2D eigenvalue weighted by Crippen LogP contribution is -2.13.